The molecule has 1 atom stereocenters. The Balaban J connectivity index is 1.53. The molecule has 0 saturated carbocycles. The van der Waals surface area contributed by atoms with E-state index in [2.05, 4.69) is 34.9 Å². The average Bonchev–Trinajstić information content (AvgIpc) is 3.35. The van der Waals surface area contributed by atoms with Gasteiger partial charge in [-0.25, -0.2) is 0 Å². The van der Waals surface area contributed by atoms with Crippen molar-refractivity contribution >= 4 is 25.5 Å². The predicted molar refractivity (Wildman–Crippen MR) is 142 cm³/mol. The minimum absolute atomic E-state index is 0.0910. The van der Waals surface area contributed by atoms with E-state index in [-0.39, 0.29) is 12.7 Å². The second-order valence-corrected chi connectivity index (χ2v) is 9.69. The van der Waals surface area contributed by atoms with Gasteiger partial charge in [0, 0.05) is 24.3 Å². The highest BCUT2D eigenvalue weighted by Crippen LogP contribution is 2.30. The summed E-state index contributed by atoms with van der Waals surface area (Å²) in [4.78, 5) is 8.70. The molecular formula is C26H34ClN2O5P. The molecule has 0 radical (unpaired) electrons. The smallest absolute Gasteiger partial charge is 0.316 e. The minimum Gasteiger partial charge on any atom is -0.489 e. The van der Waals surface area contributed by atoms with E-state index in [1.54, 1.807) is 6.26 Å². The Morgan fingerprint density at radius 2 is 1.91 bits per heavy atom. The fraction of sp³-hybridized carbons (Fsp3) is 0.385. The molecule has 0 amide bonds. The molecule has 0 spiro atoms. The molecule has 1 heterocycles. The van der Waals surface area contributed by atoms with Gasteiger partial charge in [0.25, 0.3) is 0 Å². The molecule has 190 valence electrons. The van der Waals surface area contributed by atoms with Crippen molar-refractivity contribution in [3.8, 4) is 17.1 Å². The van der Waals surface area contributed by atoms with Gasteiger partial charge in [0.15, 0.2) is 0 Å². The summed E-state index contributed by atoms with van der Waals surface area (Å²) in [5.41, 5.74) is 4.33. The molecule has 35 heavy (non-hydrogen) atoms. The summed E-state index contributed by atoms with van der Waals surface area (Å²) >= 11 is 6.36. The van der Waals surface area contributed by atoms with E-state index < -0.39 is 8.25 Å². The fourth-order valence-electron chi connectivity index (χ4n) is 3.65. The summed E-state index contributed by atoms with van der Waals surface area (Å²) in [5.74, 6) is 1.53. The SMILES string of the molecule is CC(C)Oc1ccc(CCCNc2ccc(CNCCCO[PH](=O)O)cc2-c2ccco2)cc1Cl. The van der Waals surface area contributed by atoms with Crippen molar-refractivity contribution in [2.24, 2.45) is 0 Å². The molecule has 0 aliphatic heterocycles. The Kier molecular flexibility index (Phi) is 11.2. The molecule has 7 nitrogen and oxygen atoms in total. The number of furan rings is 1. The van der Waals surface area contributed by atoms with Crippen LogP contribution in [-0.2, 0) is 22.1 Å². The van der Waals surface area contributed by atoms with Gasteiger partial charge < -0.3 is 29.2 Å². The highest BCUT2D eigenvalue weighted by molar-refractivity contribution is 7.32. The fourth-order valence-corrected chi connectivity index (χ4v) is 4.21. The van der Waals surface area contributed by atoms with E-state index >= 15 is 0 Å². The molecular weight excluding hydrogens is 487 g/mol. The maximum Gasteiger partial charge on any atom is 0.316 e. The van der Waals surface area contributed by atoms with Crippen LogP contribution in [-0.4, -0.2) is 30.7 Å². The van der Waals surface area contributed by atoms with Crippen LogP contribution in [0.3, 0.4) is 0 Å². The first-order chi connectivity index (χ1) is 16.9. The second kappa shape index (κ2) is 14.3. The number of ether oxygens (including phenoxy) is 1. The summed E-state index contributed by atoms with van der Waals surface area (Å²) in [6.45, 7) is 6.42. The van der Waals surface area contributed by atoms with Gasteiger partial charge in [-0.1, -0.05) is 23.7 Å². The molecule has 0 aliphatic carbocycles. The first kappa shape index (κ1) is 27.3. The van der Waals surface area contributed by atoms with Gasteiger partial charge in [-0.2, -0.15) is 0 Å². The molecule has 9 heteroatoms. The number of hydrogen-bond donors (Lipinski definition) is 3. The van der Waals surface area contributed by atoms with Crippen LogP contribution in [0.5, 0.6) is 5.75 Å². The lowest BCUT2D eigenvalue weighted by Gasteiger charge is -2.14. The quantitative estimate of drug-likeness (QED) is 0.160. The zero-order chi connectivity index (χ0) is 25.0. The Labute approximate surface area is 212 Å². The van der Waals surface area contributed by atoms with E-state index in [1.165, 1.54) is 5.56 Å². The van der Waals surface area contributed by atoms with Crippen molar-refractivity contribution in [3.63, 3.8) is 0 Å². The summed E-state index contributed by atoms with van der Waals surface area (Å²) in [5, 5.41) is 7.52. The number of anilines is 1. The lowest BCUT2D eigenvalue weighted by molar-refractivity contribution is 0.242. The number of aryl methyl sites for hydroxylation is 1. The topological polar surface area (TPSA) is 93.0 Å². The monoisotopic (exact) mass is 520 g/mol. The van der Waals surface area contributed by atoms with Crippen molar-refractivity contribution in [2.45, 2.75) is 45.8 Å². The van der Waals surface area contributed by atoms with E-state index in [4.69, 9.17) is 30.2 Å². The maximum atomic E-state index is 10.6. The standard InChI is InChI=1S/C26H34ClN2O5P/c1-19(2)34-26-11-9-20(17-23(26)27)6-3-13-29-24-10-8-21(16-22(24)25-7-4-14-32-25)18-28-12-5-15-33-35(30)31/h4,7-11,14,16-17,19,28-29,35H,3,5-6,12-13,15,18H2,1-2H3,(H,30,31). The summed E-state index contributed by atoms with van der Waals surface area (Å²) in [6, 6.07) is 16.1. The third-order valence-corrected chi connectivity index (χ3v) is 5.99. The van der Waals surface area contributed by atoms with Crippen molar-refractivity contribution in [3.05, 3.63) is 70.9 Å². The largest absolute Gasteiger partial charge is 0.489 e. The van der Waals surface area contributed by atoms with Crippen LogP contribution in [0.1, 0.15) is 37.8 Å². The van der Waals surface area contributed by atoms with Gasteiger partial charge in [0.05, 0.1) is 24.0 Å². The highest BCUT2D eigenvalue weighted by atomic mass is 35.5. The minimum atomic E-state index is -2.85. The van der Waals surface area contributed by atoms with E-state index in [1.807, 2.05) is 38.1 Å². The van der Waals surface area contributed by atoms with Crippen LogP contribution in [0.2, 0.25) is 5.02 Å². The average molecular weight is 521 g/mol. The number of nitrogens with one attached hydrogen (secondary N) is 2. The van der Waals surface area contributed by atoms with Gasteiger partial charge in [-0.05, 0) is 87.2 Å². The Hall–Kier alpha value is -2.28. The van der Waals surface area contributed by atoms with Crippen molar-refractivity contribution in [1.82, 2.24) is 5.32 Å². The van der Waals surface area contributed by atoms with Crippen LogP contribution in [0.4, 0.5) is 5.69 Å². The number of halogens is 1. The zero-order valence-corrected chi connectivity index (χ0v) is 21.9. The number of benzene rings is 2. The molecule has 1 aromatic heterocycles. The van der Waals surface area contributed by atoms with Crippen LogP contribution in [0.25, 0.3) is 11.3 Å². The normalized spacial score (nSPS) is 12.1. The molecule has 2 aromatic carbocycles. The summed E-state index contributed by atoms with van der Waals surface area (Å²) in [7, 11) is -2.85. The van der Waals surface area contributed by atoms with E-state index in [0.717, 1.165) is 47.7 Å². The maximum absolute atomic E-state index is 10.6. The third kappa shape index (κ3) is 9.36. The second-order valence-electron chi connectivity index (χ2n) is 8.46. The van der Waals surface area contributed by atoms with Crippen molar-refractivity contribution in [2.75, 3.05) is 25.0 Å². The molecule has 0 aliphatic rings. The zero-order valence-electron chi connectivity index (χ0n) is 20.2. The Morgan fingerprint density at radius 1 is 1.09 bits per heavy atom. The third-order valence-electron chi connectivity index (χ3n) is 5.24. The van der Waals surface area contributed by atoms with Crippen LogP contribution in [0, 0.1) is 0 Å². The molecule has 3 rings (SSSR count). The van der Waals surface area contributed by atoms with Gasteiger partial charge in [0.1, 0.15) is 11.5 Å². The molecule has 1 unspecified atom stereocenters. The lowest BCUT2D eigenvalue weighted by Crippen LogP contribution is -2.16. The predicted octanol–water partition coefficient (Wildman–Crippen LogP) is 6.31. The summed E-state index contributed by atoms with van der Waals surface area (Å²) < 4.78 is 26.7. The molecule has 3 N–H and O–H groups in total. The molecule has 0 fully saturated rings. The van der Waals surface area contributed by atoms with Crippen LogP contribution >= 0.6 is 19.9 Å². The Morgan fingerprint density at radius 3 is 2.63 bits per heavy atom. The van der Waals surface area contributed by atoms with Gasteiger partial charge in [-0.3, -0.25) is 4.57 Å². The van der Waals surface area contributed by atoms with Crippen LogP contribution in [0.15, 0.2) is 59.2 Å². The van der Waals surface area contributed by atoms with Gasteiger partial charge >= 0.3 is 8.25 Å². The van der Waals surface area contributed by atoms with Gasteiger partial charge in [-0.15, -0.1) is 0 Å². The van der Waals surface area contributed by atoms with Crippen molar-refractivity contribution in [1.29, 1.82) is 0 Å². The first-order valence-corrected chi connectivity index (χ1v) is 13.5. The summed E-state index contributed by atoms with van der Waals surface area (Å²) in [6.07, 6.45) is 4.28. The molecule has 0 saturated heterocycles. The van der Waals surface area contributed by atoms with Crippen molar-refractivity contribution < 1.29 is 23.1 Å². The number of rotatable bonds is 15. The number of hydrogen-bond acceptors (Lipinski definition) is 6. The van der Waals surface area contributed by atoms with E-state index in [0.29, 0.717) is 24.5 Å². The first-order valence-electron chi connectivity index (χ1n) is 11.8. The Bertz CT molecular complexity index is 1080. The van der Waals surface area contributed by atoms with E-state index in [9.17, 15) is 4.57 Å². The lowest BCUT2D eigenvalue weighted by atomic mass is 10.1. The van der Waals surface area contributed by atoms with Gasteiger partial charge in [0.2, 0.25) is 0 Å². The molecule has 3 aromatic rings. The highest BCUT2D eigenvalue weighted by Gasteiger charge is 2.10. The molecule has 0 bridgehead atoms. The van der Waals surface area contributed by atoms with Crippen LogP contribution < -0.4 is 15.4 Å².